The van der Waals surface area contributed by atoms with Crippen LogP contribution in [-0.2, 0) is 0 Å². The molecule has 0 bridgehead atoms. The van der Waals surface area contributed by atoms with Gasteiger partial charge in [-0.05, 0) is 30.9 Å². The summed E-state index contributed by atoms with van der Waals surface area (Å²) in [6, 6.07) is 11.0. The monoisotopic (exact) mass is 246 g/mol. The minimum atomic E-state index is 0.735. The molecule has 1 aliphatic carbocycles. The van der Waals surface area contributed by atoms with Crippen LogP contribution < -0.4 is 0 Å². The number of benzene rings is 1. The average Bonchev–Trinajstić information content (AvgIpc) is 2.83. The maximum absolute atomic E-state index is 4.77. The lowest BCUT2D eigenvalue weighted by atomic mass is 10.1. The Hall–Kier alpha value is -0.960. The zero-order chi connectivity index (χ0) is 11.7. The first-order chi connectivity index (χ1) is 8.34. The van der Waals surface area contributed by atoms with Crippen LogP contribution in [0.2, 0.25) is 0 Å². The van der Waals surface area contributed by atoms with Gasteiger partial charge in [0, 0.05) is 18.8 Å². The molecule has 2 nitrogen and oxygen atoms in total. The Morgan fingerprint density at radius 3 is 2.88 bits per heavy atom. The van der Waals surface area contributed by atoms with E-state index in [1.54, 1.807) is 0 Å². The van der Waals surface area contributed by atoms with Crippen molar-refractivity contribution >= 4 is 22.6 Å². The molecular formula is C14H18N2S. The van der Waals surface area contributed by atoms with Gasteiger partial charge in [0.2, 0.25) is 0 Å². The number of para-hydroxylation sites is 1. The van der Waals surface area contributed by atoms with Gasteiger partial charge in [0.1, 0.15) is 0 Å². The number of aliphatic imine (C=N–C) groups is 1. The van der Waals surface area contributed by atoms with E-state index < -0.39 is 0 Å². The van der Waals surface area contributed by atoms with Gasteiger partial charge in [0.25, 0.3) is 0 Å². The van der Waals surface area contributed by atoms with E-state index in [1.165, 1.54) is 30.2 Å². The van der Waals surface area contributed by atoms with Gasteiger partial charge >= 0.3 is 0 Å². The van der Waals surface area contributed by atoms with E-state index in [1.807, 2.05) is 30.0 Å². The Bertz CT molecular complexity index is 415. The lowest BCUT2D eigenvalue weighted by Crippen LogP contribution is -2.43. The van der Waals surface area contributed by atoms with Crippen LogP contribution >= 0.6 is 11.8 Å². The molecule has 0 aromatic heterocycles. The summed E-state index contributed by atoms with van der Waals surface area (Å²) in [6.07, 6.45) is 4.13. The first-order valence-electron chi connectivity index (χ1n) is 6.34. The topological polar surface area (TPSA) is 15.6 Å². The zero-order valence-corrected chi connectivity index (χ0v) is 11.0. The minimum Gasteiger partial charge on any atom is -0.351 e. The molecule has 0 radical (unpaired) electrons. The first kappa shape index (κ1) is 11.1. The van der Waals surface area contributed by atoms with Crippen molar-refractivity contribution in [1.29, 1.82) is 0 Å². The Morgan fingerprint density at radius 1 is 1.24 bits per heavy atom. The standard InChI is InChI=1S/C14H18N2S/c1-16-13-9-5-6-11(13)10-17-14(16)15-12-7-3-2-4-8-12/h2-4,7-8,11,13H,5-6,9-10H2,1H3/t11-,13-/m1/s1. The van der Waals surface area contributed by atoms with Crippen molar-refractivity contribution in [3.8, 4) is 0 Å². The van der Waals surface area contributed by atoms with Crippen molar-refractivity contribution in [2.24, 2.45) is 10.9 Å². The summed E-state index contributed by atoms with van der Waals surface area (Å²) in [5.74, 6) is 2.14. The molecule has 1 saturated heterocycles. The molecule has 2 atom stereocenters. The van der Waals surface area contributed by atoms with Crippen LogP contribution in [0, 0.1) is 5.92 Å². The Kier molecular flexibility index (Phi) is 3.10. The minimum absolute atomic E-state index is 0.735. The van der Waals surface area contributed by atoms with Crippen LogP contribution in [-0.4, -0.2) is 28.9 Å². The number of hydrogen-bond acceptors (Lipinski definition) is 2. The van der Waals surface area contributed by atoms with Crippen molar-refractivity contribution in [3.63, 3.8) is 0 Å². The van der Waals surface area contributed by atoms with E-state index in [0.29, 0.717) is 0 Å². The number of hydrogen-bond donors (Lipinski definition) is 0. The second kappa shape index (κ2) is 4.73. The molecule has 1 aromatic rings. The van der Waals surface area contributed by atoms with Gasteiger partial charge in [-0.1, -0.05) is 36.4 Å². The number of amidine groups is 1. The molecule has 1 saturated carbocycles. The molecule has 1 heterocycles. The lowest BCUT2D eigenvalue weighted by Gasteiger charge is -2.36. The molecule has 0 spiro atoms. The molecule has 1 aliphatic heterocycles. The summed E-state index contributed by atoms with van der Waals surface area (Å²) in [4.78, 5) is 7.17. The smallest absolute Gasteiger partial charge is 0.164 e. The molecule has 3 rings (SSSR count). The summed E-state index contributed by atoms with van der Waals surface area (Å²) < 4.78 is 0. The molecule has 3 heteroatoms. The van der Waals surface area contributed by atoms with Gasteiger partial charge in [-0.25, -0.2) is 4.99 Å². The van der Waals surface area contributed by atoms with Crippen LogP contribution in [0.5, 0.6) is 0 Å². The van der Waals surface area contributed by atoms with Gasteiger partial charge in [0.05, 0.1) is 5.69 Å². The predicted octanol–water partition coefficient (Wildman–Crippen LogP) is 3.52. The fraction of sp³-hybridized carbons (Fsp3) is 0.500. The van der Waals surface area contributed by atoms with Crippen molar-refractivity contribution in [2.75, 3.05) is 12.8 Å². The van der Waals surface area contributed by atoms with E-state index in [-0.39, 0.29) is 0 Å². The summed E-state index contributed by atoms with van der Waals surface area (Å²) >= 11 is 1.92. The molecule has 17 heavy (non-hydrogen) atoms. The highest BCUT2D eigenvalue weighted by molar-refractivity contribution is 8.13. The maximum Gasteiger partial charge on any atom is 0.164 e. The molecule has 0 unspecified atom stereocenters. The second-order valence-electron chi connectivity index (χ2n) is 4.91. The van der Waals surface area contributed by atoms with E-state index in [4.69, 9.17) is 4.99 Å². The zero-order valence-electron chi connectivity index (χ0n) is 10.2. The number of thioether (sulfide) groups is 1. The van der Waals surface area contributed by atoms with Crippen molar-refractivity contribution in [1.82, 2.24) is 4.90 Å². The highest BCUT2D eigenvalue weighted by Gasteiger charge is 2.36. The normalized spacial score (nSPS) is 30.6. The van der Waals surface area contributed by atoms with Crippen molar-refractivity contribution < 1.29 is 0 Å². The highest BCUT2D eigenvalue weighted by Crippen LogP contribution is 2.38. The van der Waals surface area contributed by atoms with Crippen LogP contribution in [0.15, 0.2) is 35.3 Å². The fourth-order valence-corrected chi connectivity index (χ4v) is 4.13. The molecule has 0 amide bonds. The summed E-state index contributed by atoms with van der Waals surface area (Å²) in [7, 11) is 2.21. The number of nitrogens with zero attached hydrogens (tertiary/aromatic N) is 2. The SMILES string of the molecule is CN1C(=Nc2ccccc2)SC[C@H]2CCC[C@H]21. The Morgan fingerprint density at radius 2 is 2.06 bits per heavy atom. The largest absolute Gasteiger partial charge is 0.351 e. The number of rotatable bonds is 1. The number of fused-ring (bicyclic) bond motifs is 1. The third-order valence-corrected chi connectivity index (χ3v) is 5.06. The Labute approximate surface area is 107 Å². The van der Waals surface area contributed by atoms with Gasteiger partial charge in [-0.3, -0.25) is 0 Å². The van der Waals surface area contributed by atoms with Crippen LogP contribution in [0.25, 0.3) is 0 Å². The summed E-state index contributed by atoms with van der Waals surface area (Å²) in [5, 5.41) is 1.19. The third kappa shape index (κ3) is 2.21. The van der Waals surface area contributed by atoms with E-state index in [0.717, 1.165) is 17.6 Å². The summed E-state index contributed by atoms with van der Waals surface area (Å²) in [5.41, 5.74) is 1.07. The molecular weight excluding hydrogens is 228 g/mol. The van der Waals surface area contributed by atoms with E-state index >= 15 is 0 Å². The van der Waals surface area contributed by atoms with E-state index in [9.17, 15) is 0 Å². The van der Waals surface area contributed by atoms with Gasteiger partial charge in [-0.15, -0.1) is 0 Å². The van der Waals surface area contributed by atoms with Crippen LogP contribution in [0.3, 0.4) is 0 Å². The second-order valence-corrected chi connectivity index (χ2v) is 5.90. The summed E-state index contributed by atoms with van der Waals surface area (Å²) in [6.45, 7) is 0. The molecule has 1 aromatic carbocycles. The Balaban J connectivity index is 1.82. The van der Waals surface area contributed by atoms with Crippen molar-refractivity contribution in [3.05, 3.63) is 30.3 Å². The average molecular weight is 246 g/mol. The highest BCUT2D eigenvalue weighted by atomic mass is 32.2. The van der Waals surface area contributed by atoms with E-state index in [2.05, 4.69) is 24.1 Å². The van der Waals surface area contributed by atoms with Crippen LogP contribution in [0.1, 0.15) is 19.3 Å². The maximum atomic E-state index is 4.77. The van der Waals surface area contributed by atoms with Gasteiger partial charge < -0.3 is 4.90 Å². The third-order valence-electron chi connectivity index (χ3n) is 3.83. The fourth-order valence-electron chi connectivity index (χ4n) is 2.87. The first-order valence-corrected chi connectivity index (χ1v) is 7.32. The van der Waals surface area contributed by atoms with Gasteiger partial charge in [-0.2, -0.15) is 0 Å². The van der Waals surface area contributed by atoms with Crippen LogP contribution in [0.4, 0.5) is 5.69 Å². The molecule has 0 N–H and O–H groups in total. The molecule has 90 valence electrons. The lowest BCUT2D eigenvalue weighted by molar-refractivity contribution is 0.309. The molecule has 2 aliphatic rings. The van der Waals surface area contributed by atoms with Gasteiger partial charge in [0.15, 0.2) is 5.17 Å². The quantitative estimate of drug-likeness (QED) is 0.753. The molecule has 2 fully saturated rings. The predicted molar refractivity (Wildman–Crippen MR) is 74.9 cm³/mol. The van der Waals surface area contributed by atoms with Crippen molar-refractivity contribution in [2.45, 2.75) is 25.3 Å².